The summed E-state index contributed by atoms with van der Waals surface area (Å²) in [7, 11) is 7.84. The van der Waals surface area contributed by atoms with Gasteiger partial charge in [-0.3, -0.25) is 9.59 Å². The highest BCUT2D eigenvalue weighted by molar-refractivity contribution is 7.98. The number of nitrogens with zero attached hydrogens (tertiary/aromatic N) is 1. The van der Waals surface area contributed by atoms with Crippen LogP contribution in [0.15, 0.2) is 59.5 Å². The molecule has 0 saturated carbocycles. The van der Waals surface area contributed by atoms with Crippen molar-refractivity contribution in [2.45, 2.75) is 16.9 Å². The van der Waals surface area contributed by atoms with Crippen LogP contribution in [-0.2, 0) is 4.79 Å². The number of ether oxygens (including phenoxy) is 4. The van der Waals surface area contributed by atoms with Crippen LogP contribution in [0.25, 0.3) is 0 Å². The number of carbonyl (C=O) groups excluding carboxylic acids is 2. The molecular weight excluding hydrogens is 492 g/mol. The van der Waals surface area contributed by atoms with Gasteiger partial charge in [0.15, 0.2) is 23.0 Å². The molecule has 2 atom stereocenters. The van der Waals surface area contributed by atoms with Crippen molar-refractivity contribution in [3.05, 3.63) is 71.3 Å². The molecule has 0 unspecified atom stereocenters. The fourth-order valence-electron chi connectivity index (χ4n) is 4.68. The molecule has 3 aromatic rings. The summed E-state index contributed by atoms with van der Waals surface area (Å²) < 4.78 is 21.7. The van der Waals surface area contributed by atoms with E-state index in [4.69, 9.17) is 18.9 Å². The molecule has 0 aromatic heterocycles. The van der Waals surface area contributed by atoms with Crippen LogP contribution >= 0.6 is 11.8 Å². The lowest BCUT2D eigenvalue weighted by molar-refractivity contribution is -0.119. The zero-order valence-electron chi connectivity index (χ0n) is 21.7. The van der Waals surface area contributed by atoms with E-state index in [1.54, 1.807) is 61.2 Å². The Kier molecular flexibility index (Phi) is 7.83. The summed E-state index contributed by atoms with van der Waals surface area (Å²) in [4.78, 5) is 30.2. The van der Waals surface area contributed by atoms with Gasteiger partial charge in [-0.2, -0.15) is 0 Å². The average Bonchev–Trinajstić information content (AvgIpc) is 2.93. The zero-order chi connectivity index (χ0) is 26.7. The lowest BCUT2D eigenvalue weighted by Crippen LogP contribution is -2.44. The van der Waals surface area contributed by atoms with Crippen molar-refractivity contribution >= 4 is 29.3 Å². The van der Waals surface area contributed by atoms with Gasteiger partial charge in [-0.25, -0.2) is 0 Å². The van der Waals surface area contributed by atoms with E-state index in [1.807, 2.05) is 30.5 Å². The van der Waals surface area contributed by atoms with Crippen LogP contribution in [0.2, 0.25) is 0 Å². The highest BCUT2D eigenvalue weighted by atomic mass is 32.2. The lowest BCUT2D eigenvalue weighted by Gasteiger charge is -2.40. The van der Waals surface area contributed by atoms with Crippen LogP contribution in [0, 0.1) is 0 Å². The smallest absolute Gasteiger partial charge is 0.254 e. The zero-order valence-corrected chi connectivity index (χ0v) is 22.5. The predicted molar refractivity (Wildman–Crippen MR) is 144 cm³/mol. The van der Waals surface area contributed by atoms with E-state index in [1.165, 1.54) is 21.3 Å². The second-order valence-corrected chi connectivity index (χ2v) is 9.34. The van der Waals surface area contributed by atoms with Crippen LogP contribution in [0.5, 0.6) is 23.0 Å². The van der Waals surface area contributed by atoms with Crippen LogP contribution in [0.3, 0.4) is 0 Å². The Morgan fingerprint density at radius 3 is 2.03 bits per heavy atom. The first-order valence-electron chi connectivity index (χ1n) is 11.6. The van der Waals surface area contributed by atoms with E-state index in [-0.39, 0.29) is 11.8 Å². The first kappa shape index (κ1) is 26.2. The third-order valence-electron chi connectivity index (χ3n) is 6.57. The standard InChI is InChI=1S/C28H30N2O6S/c1-30-26(16-7-10-18(37-6)11-8-16)25(19-14-23(35-4)24(36-5)15-20(19)28(30)32)27(31)29-17-9-12-21(33-2)22(13-17)34-3/h7-15,25-26H,1-6H3,(H,29,31)/t25-,26+/m0/s1. The van der Waals surface area contributed by atoms with Gasteiger partial charge in [-0.15, -0.1) is 11.8 Å². The highest BCUT2D eigenvalue weighted by Crippen LogP contribution is 2.46. The second kappa shape index (κ2) is 11.0. The van der Waals surface area contributed by atoms with E-state index in [0.717, 1.165) is 10.5 Å². The van der Waals surface area contributed by atoms with Gasteiger partial charge < -0.3 is 29.2 Å². The number of hydrogen-bond donors (Lipinski definition) is 1. The molecule has 0 saturated heterocycles. The van der Waals surface area contributed by atoms with Gasteiger partial charge in [-0.05, 0) is 53.8 Å². The number of nitrogens with one attached hydrogen (secondary N) is 1. The molecule has 194 valence electrons. The molecule has 0 bridgehead atoms. The van der Waals surface area contributed by atoms with E-state index in [2.05, 4.69) is 5.32 Å². The maximum absolute atomic E-state index is 14.0. The topological polar surface area (TPSA) is 86.3 Å². The Bertz CT molecular complexity index is 1310. The molecule has 8 nitrogen and oxygen atoms in total. The Morgan fingerprint density at radius 1 is 0.838 bits per heavy atom. The second-order valence-electron chi connectivity index (χ2n) is 8.47. The third-order valence-corrected chi connectivity index (χ3v) is 7.31. The summed E-state index contributed by atoms with van der Waals surface area (Å²) in [5, 5.41) is 3.01. The highest BCUT2D eigenvalue weighted by Gasteiger charge is 2.43. The minimum atomic E-state index is -0.731. The largest absolute Gasteiger partial charge is 0.493 e. The van der Waals surface area contributed by atoms with Gasteiger partial charge >= 0.3 is 0 Å². The maximum atomic E-state index is 14.0. The van der Waals surface area contributed by atoms with E-state index in [0.29, 0.717) is 39.8 Å². The summed E-state index contributed by atoms with van der Waals surface area (Å²) in [5.74, 6) is 0.697. The molecule has 0 aliphatic carbocycles. The molecule has 3 aromatic carbocycles. The van der Waals surface area contributed by atoms with Gasteiger partial charge in [-0.1, -0.05) is 12.1 Å². The first-order chi connectivity index (χ1) is 17.9. The number of anilines is 1. The summed E-state index contributed by atoms with van der Waals surface area (Å²) in [6, 6.07) is 15.9. The van der Waals surface area contributed by atoms with Gasteiger partial charge in [0.05, 0.1) is 40.4 Å². The molecule has 1 N–H and O–H groups in total. The number of carbonyl (C=O) groups is 2. The molecule has 1 aliphatic rings. The van der Waals surface area contributed by atoms with Gasteiger partial charge in [0, 0.05) is 29.3 Å². The number of rotatable bonds is 8. The summed E-state index contributed by atoms with van der Waals surface area (Å²) in [6.07, 6.45) is 2.00. The first-order valence-corrected chi connectivity index (χ1v) is 12.8. The molecule has 1 heterocycles. The Hall–Kier alpha value is -3.85. The molecule has 9 heteroatoms. The van der Waals surface area contributed by atoms with Crippen LogP contribution in [-0.4, -0.2) is 58.5 Å². The summed E-state index contributed by atoms with van der Waals surface area (Å²) in [6.45, 7) is 0. The van der Waals surface area contributed by atoms with Gasteiger partial charge in [0.1, 0.15) is 0 Å². The molecule has 37 heavy (non-hydrogen) atoms. The number of thioether (sulfide) groups is 1. The number of fused-ring (bicyclic) bond motifs is 1. The van der Waals surface area contributed by atoms with Gasteiger partial charge in [0.25, 0.3) is 5.91 Å². The van der Waals surface area contributed by atoms with Crippen LogP contribution < -0.4 is 24.3 Å². The number of benzene rings is 3. The van der Waals surface area contributed by atoms with Gasteiger partial charge in [0.2, 0.25) is 5.91 Å². The van der Waals surface area contributed by atoms with Crippen molar-refractivity contribution in [3.8, 4) is 23.0 Å². The van der Waals surface area contributed by atoms with Crippen molar-refractivity contribution < 1.29 is 28.5 Å². The van der Waals surface area contributed by atoms with E-state index >= 15 is 0 Å². The monoisotopic (exact) mass is 522 g/mol. The maximum Gasteiger partial charge on any atom is 0.254 e. The number of methoxy groups -OCH3 is 4. The fourth-order valence-corrected chi connectivity index (χ4v) is 5.09. The molecule has 4 rings (SSSR count). The minimum Gasteiger partial charge on any atom is -0.493 e. The Balaban J connectivity index is 1.85. The van der Waals surface area contributed by atoms with E-state index in [9.17, 15) is 9.59 Å². The normalized spacial score (nSPS) is 16.6. The lowest BCUT2D eigenvalue weighted by atomic mass is 9.79. The van der Waals surface area contributed by atoms with Crippen molar-refractivity contribution in [2.24, 2.45) is 0 Å². The van der Waals surface area contributed by atoms with Crippen molar-refractivity contribution in [1.82, 2.24) is 4.90 Å². The Labute approximate surface area is 220 Å². The number of hydrogen-bond acceptors (Lipinski definition) is 7. The fraction of sp³-hybridized carbons (Fsp3) is 0.286. The quantitative estimate of drug-likeness (QED) is 0.417. The molecule has 0 radical (unpaired) electrons. The van der Waals surface area contributed by atoms with Crippen molar-refractivity contribution in [1.29, 1.82) is 0 Å². The molecular formula is C28H30N2O6S. The molecule has 0 fully saturated rings. The summed E-state index contributed by atoms with van der Waals surface area (Å²) >= 11 is 1.63. The molecule has 2 amide bonds. The molecule has 1 aliphatic heterocycles. The number of likely N-dealkylation sites (N-methyl/N-ethyl adjacent to an activating group) is 1. The third kappa shape index (κ3) is 4.91. The predicted octanol–water partition coefficient (Wildman–Crippen LogP) is 4.99. The SMILES string of the molecule is COc1ccc(NC(=O)[C@H]2c3cc(OC)c(OC)cc3C(=O)N(C)[C@@H]2c2ccc(SC)cc2)cc1OC. The Morgan fingerprint density at radius 2 is 1.43 bits per heavy atom. The molecule has 0 spiro atoms. The minimum absolute atomic E-state index is 0.204. The average molecular weight is 523 g/mol. The van der Waals surface area contributed by atoms with Crippen molar-refractivity contribution in [2.75, 3.05) is 47.1 Å². The van der Waals surface area contributed by atoms with Crippen molar-refractivity contribution in [3.63, 3.8) is 0 Å². The van der Waals surface area contributed by atoms with Crippen LogP contribution in [0.1, 0.15) is 33.4 Å². The number of amides is 2. The van der Waals surface area contributed by atoms with Crippen LogP contribution in [0.4, 0.5) is 5.69 Å². The summed E-state index contributed by atoms with van der Waals surface area (Å²) in [5.41, 5.74) is 2.35. The van der Waals surface area contributed by atoms with E-state index < -0.39 is 12.0 Å².